The highest BCUT2D eigenvalue weighted by Gasteiger charge is 1.98. The Hall–Kier alpha value is -0.750. The smallest absolute Gasteiger partial charge is 0.219 e. The Kier molecular flexibility index (Phi) is 4.06. The first-order valence-electron chi connectivity index (χ1n) is 4.71. The molecule has 82 valence electrons. The third-order valence-corrected chi connectivity index (χ3v) is 3.36. The molecule has 4 heteroatoms. The van der Waals surface area contributed by atoms with Gasteiger partial charge in [-0.15, -0.1) is 11.8 Å². The molecule has 0 fully saturated rings. The topological polar surface area (TPSA) is 22.1 Å². The minimum atomic E-state index is 0.623. The number of aromatic nitrogens is 1. The van der Waals surface area contributed by atoms with Gasteiger partial charge in [0.05, 0.1) is 0 Å². The van der Waals surface area contributed by atoms with Crippen LogP contribution in [0.2, 0.25) is 0 Å². The minimum Gasteiger partial charge on any atom is -0.439 e. The third kappa shape index (κ3) is 3.12. The lowest BCUT2D eigenvalue weighted by Crippen LogP contribution is -1.87. The van der Waals surface area contributed by atoms with Crippen molar-refractivity contribution in [3.63, 3.8) is 0 Å². The molecule has 0 amide bonds. The molecular formula is C12H10INOS. The Bertz CT molecular complexity index is 455. The molecule has 1 aromatic carbocycles. The maximum Gasteiger partial charge on any atom is 0.219 e. The van der Waals surface area contributed by atoms with Gasteiger partial charge in [-0.3, -0.25) is 0 Å². The summed E-state index contributed by atoms with van der Waals surface area (Å²) in [5.41, 5.74) is 0. The molecule has 1 aromatic heterocycles. The Morgan fingerprint density at radius 1 is 1.12 bits per heavy atom. The van der Waals surface area contributed by atoms with Crippen LogP contribution in [-0.4, -0.2) is 11.2 Å². The average molecular weight is 343 g/mol. The summed E-state index contributed by atoms with van der Waals surface area (Å²) in [5.74, 6) is 1.43. The van der Waals surface area contributed by atoms with Crippen LogP contribution in [0.5, 0.6) is 11.6 Å². The summed E-state index contributed by atoms with van der Waals surface area (Å²) in [6, 6.07) is 11.8. The second-order valence-corrected chi connectivity index (χ2v) is 5.22. The summed E-state index contributed by atoms with van der Waals surface area (Å²) >= 11 is 3.93. The molecule has 0 radical (unpaired) electrons. The van der Waals surface area contributed by atoms with Gasteiger partial charge in [0.15, 0.2) is 0 Å². The van der Waals surface area contributed by atoms with E-state index in [0.717, 1.165) is 9.32 Å². The maximum absolute atomic E-state index is 5.61. The number of thioether (sulfide) groups is 1. The van der Waals surface area contributed by atoms with Crippen molar-refractivity contribution in [2.24, 2.45) is 0 Å². The van der Waals surface area contributed by atoms with Gasteiger partial charge in [0.1, 0.15) is 5.75 Å². The fourth-order valence-electron chi connectivity index (χ4n) is 1.19. The van der Waals surface area contributed by atoms with Crippen LogP contribution < -0.4 is 4.74 Å². The van der Waals surface area contributed by atoms with Gasteiger partial charge in [0, 0.05) is 20.7 Å². The number of benzene rings is 1. The van der Waals surface area contributed by atoms with E-state index in [1.54, 1.807) is 18.0 Å². The van der Waals surface area contributed by atoms with Crippen LogP contribution in [0.1, 0.15) is 0 Å². The van der Waals surface area contributed by atoms with Crippen LogP contribution in [0.4, 0.5) is 0 Å². The van der Waals surface area contributed by atoms with E-state index in [9.17, 15) is 0 Å². The highest BCUT2D eigenvalue weighted by atomic mass is 127. The summed E-state index contributed by atoms with van der Waals surface area (Å²) in [6.07, 6.45) is 3.84. The number of halogens is 1. The van der Waals surface area contributed by atoms with Crippen molar-refractivity contribution in [2.75, 3.05) is 6.26 Å². The van der Waals surface area contributed by atoms with E-state index < -0.39 is 0 Å². The molecule has 1 heterocycles. The van der Waals surface area contributed by atoms with Crippen molar-refractivity contribution in [3.8, 4) is 11.6 Å². The lowest BCUT2D eigenvalue weighted by molar-refractivity contribution is 0.462. The van der Waals surface area contributed by atoms with Crippen LogP contribution in [0.25, 0.3) is 0 Å². The van der Waals surface area contributed by atoms with Crippen molar-refractivity contribution >= 4 is 34.4 Å². The molecule has 0 atom stereocenters. The molecule has 2 nitrogen and oxygen atoms in total. The zero-order valence-corrected chi connectivity index (χ0v) is 11.7. The van der Waals surface area contributed by atoms with Crippen molar-refractivity contribution in [1.82, 2.24) is 4.98 Å². The van der Waals surface area contributed by atoms with Gasteiger partial charge in [0.25, 0.3) is 0 Å². The van der Waals surface area contributed by atoms with Gasteiger partial charge in [0.2, 0.25) is 5.88 Å². The predicted molar refractivity (Wildman–Crippen MR) is 75.3 cm³/mol. The molecule has 0 aliphatic heterocycles. The van der Waals surface area contributed by atoms with E-state index in [1.165, 1.54) is 4.90 Å². The quantitative estimate of drug-likeness (QED) is 0.616. The first kappa shape index (κ1) is 11.7. The van der Waals surface area contributed by atoms with Gasteiger partial charge >= 0.3 is 0 Å². The fraction of sp³-hybridized carbons (Fsp3) is 0.0833. The molecule has 0 unspecified atom stereocenters. The van der Waals surface area contributed by atoms with Gasteiger partial charge in [-0.2, -0.15) is 0 Å². The van der Waals surface area contributed by atoms with E-state index in [1.807, 2.05) is 36.4 Å². The van der Waals surface area contributed by atoms with Crippen molar-refractivity contribution in [1.29, 1.82) is 0 Å². The normalized spacial score (nSPS) is 10.1. The molecule has 0 aliphatic carbocycles. The highest BCUT2D eigenvalue weighted by Crippen LogP contribution is 2.23. The number of hydrogen-bond acceptors (Lipinski definition) is 3. The molecule has 0 aliphatic rings. The summed E-state index contributed by atoms with van der Waals surface area (Å²) in [4.78, 5) is 5.41. The summed E-state index contributed by atoms with van der Waals surface area (Å²) in [6.45, 7) is 0. The van der Waals surface area contributed by atoms with Crippen LogP contribution in [0, 0.1) is 3.57 Å². The molecule has 0 spiro atoms. The van der Waals surface area contributed by atoms with Crippen molar-refractivity contribution < 1.29 is 4.74 Å². The summed E-state index contributed by atoms with van der Waals surface area (Å²) in [7, 11) is 0. The second-order valence-electron chi connectivity index (χ2n) is 3.09. The molecular weight excluding hydrogens is 333 g/mol. The van der Waals surface area contributed by atoms with Crippen LogP contribution >= 0.6 is 34.4 Å². The molecule has 0 saturated heterocycles. The largest absolute Gasteiger partial charge is 0.439 e. The van der Waals surface area contributed by atoms with Crippen LogP contribution in [0.3, 0.4) is 0 Å². The Labute approximate surface area is 113 Å². The zero-order valence-electron chi connectivity index (χ0n) is 8.68. The number of rotatable bonds is 3. The van der Waals surface area contributed by atoms with E-state index in [2.05, 4.69) is 33.8 Å². The highest BCUT2D eigenvalue weighted by molar-refractivity contribution is 14.1. The number of ether oxygens (including phenoxy) is 1. The number of hydrogen-bond donors (Lipinski definition) is 0. The van der Waals surface area contributed by atoms with Gasteiger partial charge in [-0.05, 0) is 59.2 Å². The second kappa shape index (κ2) is 5.54. The minimum absolute atomic E-state index is 0.623. The zero-order chi connectivity index (χ0) is 11.4. The first-order valence-corrected chi connectivity index (χ1v) is 7.02. The van der Waals surface area contributed by atoms with E-state index >= 15 is 0 Å². The number of pyridine rings is 1. The third-order valence-electron chi connectivity index (χ3n) is 1.98. The molecule has 2 rings (SSSR count). The lowest BCUT2D eigenvalue weighted by Gasteiger charge is -2.04. The number of nitrogens with zero attached hydrogens (tertiary/aromatic N) is 1. The Morgan fingerprint density at radius 2 is 1.88 bits per heavy atom. The summed E-state index contributed by atoms with van der Waals surface area (Å²) < 4.78 is 6.71. The van der Waals surface area contributed by atoms with Gasteiger partial charge < -0.3 is 4.74 Å². The van der Waals surface area contributed by atoms with E-state index in [0.29, 0.717) is 5.88 Å². The maximum atomic E-state index is 5.61. The van der Waals surface area contributed by atoms with Crippen molar-refractivity contribution in [2.45, 2.75) is 4.90 Å². The Morgan fingerprint density at radius 3 is 2.44 bits per heavy atom. The van der Waals surface area contributed by atoms with Gasteiger partial charge in [-0.25, -0.2) is 4.98 Å². The van der Waals surface area contributed by atoms with Crippen molar-refractivity contribution in [3.05, 3.63) is 46.2 Å². The molecule has 16 heavy (non-hydrogen) atoms. The van der Waals surface area contributed by atoms with E-state index in [4.69, 9.17) is 4.74 Å². The standard InChI is InChI=1S/C12H10INOS/c1-16-11-5-3-10(4-6-11)15-12-7-2-9(13)8-14-12/h2-8H,1H3. The van der Waals surface area contributed by atoms with Crippen LogP contribution in [0.15, 0.2) is 47.5 Å². The molecule has 0 bridgehead atoms. The van der Waals surface area contributed by atoms with E-state index in [-0.39, 0.29) is 0 Å². The monoisotopic (exact) mass is 343 g/mol. The molecule has 0 saturated carbocycles. The first-order chi connectivity index (χ1) is 7.78. The summed E-state index contributed by atoms with van der Waals surface area (Å²) in [5, 5.41) is 0. The Balaban J connectivity index is 2.11. The average Bonchev–Trinajstić information content (AvgIpc) is 2.33. The molecule has 2 aromatic rings. The van der Waals surface area contributed by atoms with Crippen LogP contribution in [-0.2, 0) is 0 Å². The predicted octanol–water partition coefficient (Wildman–Crippen LogP) is 4.20. The molecule has 0 N–H and O–H groups in total. The SMILES string of the molecule is CSc1ccc(Oc2ccc(I)cn2)cc1. The fourth-order valence-corrected chi connectivity index (χ4v) is 1.91. The lowest BCUT2D eigenvalue weighted by atomic mass is 10.3. The van der Waals surface area contributed by atoms with Gasteiger partial charge in [-0.1, -0.05) is 0 Å².